The fourth-order valence-electron chi connectivity index (χ4n) is 4.02. The van der Waals surface area contributed by atoms with Crippen molar-refractivity contribution in [3.63, 3.8) is 0 Å². The largest absolute Gasteiger partial charge is 0.387 e. The summed E-state index contributed by atoms with van der Waals surface area (Å²) in [6, 6.07) is 16.1. The molecule has 0 aliphatic rings. The zero-order valence-electron chi connectivity index (χ0n) is 19.6. The number of Topliss-reactive ketones (excluding diaryl/α,β-unsaturated/α-hetero) is 1. The summed E-state index contributed by atoms with van der Waals surface area (Å²) in [4.78, 5) is 51.3. The Balaban J connectivity index is 1.79. The molecule has 2 heterocycles. The number of ether oxygens (including phenoxy) is 1. The van der Waals surface area contributed by atoms with Crippen LogP contribution in [-0.2, 0) is 22.7 Å². The van der Waals surface area contributed by atoms with E-state index in [1.54, 1.807) is 36.4 Å². The van der Waals surface area contributed by atoms with Gasteiger partial charge in [-0.2, -0.15) is 0 Å². The third-order valence-electron chi connectivity index (χ3n) is 5.67. The number of thiophene rings is 1. The number of nitrogens with one attached hydrogen (secondary N) is 2. The number of aromatic nitrogens is 1. The number of pyridine rings is 1. The summed E-state index contributed by atoms with van der Waals surface area (Å²) in [6.07, 6.45) is 0. The van der Waals surface area contributed by atoms with E-state index in [4.69, 9.17) is 9.84 Å². The Hall–Kier alpha value is -3.86. The van der Waals surface area contributed by atoms with Crippen molar-refractivity contribution in [2.24, 2.45) is 0 Å². The summed E-state index contributed by atoms with van der Waals surface area (Å²) in [5.41, 5.74) is 1.18. The molecule has 2 aromatic carbocycles. The van der Waals surface area contributed by atoms with Crippen LogP contribution in [0.2, 0.25) is 0 Å². The zero-order valence-corrected chi connectivity index (χ0v) is 20.4. The van der Waals surface area contributed by atoms with E-state index in [1.807, 2.05) is 18.2 Å². The van der Waals surface area contributed by atoms with E-state index in [-0.39, 0.29) is 37.6 Å². The first-order chi connectivity index (χ1) is 17.5. The van der Waals surface area contributed by atoms with Crippen molar-refractivity contribution in [3.05, 3.63) is 81.0 Å². The summed E-state index contributed by atoms with van der Waals surface area (Å²) in [5, 5.41) is 15.1. The highest BCUT2D eigenvalue weighted by Gasteiger charge is 2.24. The molecule has 4 rings (SSSR count). The zero-order chi connectivity index (χ0) is 25.7. The second kappa shape index (κ2) is 11.3. The lowest BCUT2D eigenvalue weighted by Crippen LogP contribution is -2.35. The molecule has 2 aromatic heterocycles. The number of hydrogen-bond donors (Lipinski definition) is 3. The number of benzene rings is 2. The van der Waals surface area contributed by atoms with E-state index in [0.717, 1.165) is 5.39 Å². The minimum absolute atomic E-state index is 0.0320. The fraction of sp³-hybridized carbons (Fsp3) is 0.231. The fourth-order valence-corrected chi connectivity index (χ4v) is 5.27. The van der Waals surface area contributed by atoms with E-state index < -0.39 is 18.4 Å². The minimum atomic E-state index is -0.631. The molecule has 0 fully saturated rings. The molecule has 0 unspecified atom stereocenters. The number of methoxy groups -OCH3 is 1. The van der Waals surface area contributed by atoms with E-state index in [2.05, 4.69) is 10.6 Å². The van der Waals surface area contributed by atoms with Gasteiger partial charge in [0.05, 0.1) is 33.6 Å². The standard InChI is InChI=1S/C26H25N3O6S/c1-35-15-18-22-23(36-24(18)25(33)28-12-11-27-21(32)14-30)17-9-5-6-10-19(17)29(26(22)34)13-20(31)16-7-3-2-4-8-16/h2-10,30H,11-15H2,1H3,(H,27,32)(H,28,33). The quantitative estimate of drug-likeness (QED) is 0.223. The molecule has 0 radical (unpaired) electrons. The molecule has 2 amide bonds. The number of para-hydroxylation sites is 1. The first-order valence-corrected chi connectivity index (χ1v) is 12.1. The van der Waals surface area contributed by atoms with Crippen molar-refractivity contribution in [1.29, 1.82) is 0 Å². The van der Waals surface area contributed by atoms with Crippen molar-refractivity contribution < 1.29 is 24.2 Å². The summed E-state index contributed by atoms with van der Waals surface area (Å²) in [6.45, 7) is -0.457. The summed E-state index contributed by atoms with van der Waals surface area (Å²) < 4.78 is 7.43. The second-order valence-electron chi connectivity index (χ2n) is 8.01. The van der Waals surface area contributed by atoms with Gasteiger partial charge in [0.2, 0.25) is 5.91 Å². The van der Waals surface area contributed by atoms with Gasteiger partial charge in [0, 0.05) is 36.7 Å². The third-order valence-corrected chi connectivity index (χ3v) is 6.94. The molecule has 0 atom stereocenters. The van der Waals surface area contributed by atoms with Crippen LogP contribution in [0.4, 0.5) is 0 Å². The van der Waals surface area contributed by atoms with Crippen LogP contribution in [-0.4, -0.2) is 54.1 Å². The molecule has 0 spiro atoms. The molecule has 0 saturated carbocycles. The van der Waals surface area contributed by atoms with E-state index >= 15 is 0 Å². The Kier molecular flexibility index (Phi) is 7.89. The number of aliphatic hydroxyl groups excluding tert-OH is 1. The van der Waals surface area contributed by atoms with Gasteiger partial charge in [-0.25, -0.2) is 0 Å². The molecule has 10 heteroatoms. The van der Waals surface area contributed by atoms with Crippen LogP contribution in [0.5, 0.6) is 0 Å². The van der Waals surface area contributed by atoms with Crippen LogP contribution in [0.1, 0.15) is 25.6 Å². The molecule has 0 aliphatic heterocycles. The lowest BCUT2D eigenvalue weighted by molar-refractivity contribution is -0.123. The number of hydrogen-bond acceptors (Lipinski definition) is 7. The number of aliphatic hydroxyl groups is 1. The van der Waals surface area contributed by atoms with Gasteiger partial charge in [-0.3, -0.25) is 23.7 Å². The van der Waals surface area contributed by atoms with Gasteiger partial charge >= 0.3 is 0 Å². The molecule has 4 aromatic rings. The Morgan fingerprint density at radius 1 is 1.00 bits per heavy atom. The van der Waals surface area contributed by atoms with Crippen LogP contribution in [0.3, 0.4) is 0 Å². The Morgan fingerprint density at radius 2 is 1.69 bits per heavy atom. The summed E-state index contributed by atoms with van der Waals surface area (Å²) >= 11 is 1.19. The predicted molar refractivity (Wildman–Crippen MR) is 138 cm³/mol. The van der Waals surface area contributed by atoms with Gasteiger partial charge in [0.25, 0.3) is 11.5 Å². The summed E-state index contributed by atoms with van der Waals surface area (Å²) in [7, 11) is 1.48. The minimum Gasteiger partial charge on any atom is -0.387 e. The van der Waals surface area contributed by atoms with Crippen molar-refractivity contribution in [1.82, 2.24) is 15.2 Å². The SMILES string of the molecule is COCc1c(C(=O)NCCNC(=O)CO)sc2c1c(=O)n(CC(=O)c1ccccc1)c1ccccc21. The highest BCUT2D eigenvalue weighted by molar-refractivity contribution is 7.22. The number of ketones is 1. The van der Waals surface area contributed by atoms with Crippen molar-refractivity contribution >= 4 is 49.9 Å². The maximum atomic E-state index is 13.8. The van der Waals surface area contributed by atoms with Crippen LogP contribution in [0, 0.1) is 0 Å². The highest BCUT2D eigenvalue weighted by Crippen LogP contribution is 2.35. The van der Waals surface area contributed by atoms with Gasteiger partial charge in [-0.1, -0.05) is 48.5 Å². The van der Waals surface area contributed by atoms with Gasteiger partial charge in [0.1, 0.15) is 6.61 Å². The molecular formula is C26H25N3O6S. The third kappa shape index (κ3) is 5.06. The normalized spacial score (nSPS) is 11.1. The highest BCUT2D eigenvalue weighted by atomic mass is 32.1. The van der Waals surface area contributed by atoms with Crippen molar-refractivity contribution in [3.8, 4) is 0 Å². The number of amides is 2. The van der Waals surface area contributed by atoms with E-state index in [0.29, 0.717) is 31.6 Å². The Bertz CT molecular complexity index is 1490. The topological polar surface area (TPSA) is 127 Å². The number of carbonyl (C=O) groups excluding carboxylic acids is 3. The van der Waals surface area contributed by atoms with Crippen LogP contribution in [0.15, 0.2) is 59.4 Å². The van der Waals surface area contributed by atoms with Crippen molar-refractivity contribution in [2.45, 2.75) is 13.2 Å². The average Bonchev–Trinajstić information content (AvgIpc) is 3.29. The van der Waals surface area contributed by atoms with E-state index in [1.165, 1.54) is 23.0 Å². The smallest absolute Gasteiger partial charge is 0.261 e. The first-order valence-electron chi connectivity index (χ1n) is 11.3. The average molecular weight is 508 g/mol. The second-order valence-corrected chi connectivity index (χ2v) is 9.03. The van der Waals surface area contributed by atoms with Crippen LogP contribution < -0.4 is 16.2 Å². The monoisotopic (exact) mass is 507 g/mol. The molecule has 0 saturated heterocycles. The lowest BCUT2D eigenvalue weighted by Gasteiger charge is -2.12. The van der Waals surface area contributed by atoms with Crippen LogP contribution in [0.25, 0.3) is 21.0 Å². The molecule has 186 valence electrons. The van der Waals surface area contributed by atoms with Crippen LogP contribution >= 0.6 is 11.3 Å². The molecule has 0 aliphatic carbocycles. The Labute approximate surface area is 210 Å². The van der Waals surface area contributed by atoms with Gasteiger partial charge < -0.3 is 20.5 Å². The number of nitrogens with zero attached hydrogens (tertiary/aromatic N) is 1. The van der Waals surface area contributed by atoms with Gasteiger partial charge in [-0.15, -0.1) is 11.3 Å². The van der Waals surface area contributed by atoms with Gasteiger partial charge in [0.15, 0.2) is 5.78 Å². The number of carbonyl (C=O) groups is 3. The lowest BCUT2D eigenvalue weighted by atomic mass is 10.1. The molecule has 9 nitrogen and oxygen atoms in total. The van der Waals surface area contributed by atoms with Gasteiger partial charge in [-0.05, 0) is 6.07 Å². The molecular weight excluding hydrogens is 482 g/mol. The first kappa shape index (κ1) is 25.2. The maximum absolute atomic E-state index is 13.8. The molecule has 0 bridgehead atoms. The predicted octanol–water partition coefficient (Wildman–Crippen LogP) is 2.08. The maximum Gasteiger partial charge on any atom is 0.261 e. The summed E-state index contributed by atoms with van der Waals surface area (Å²) in [5.74, 6) is -1.14. The van der Waals surface area contributed by atoms with Crippen molar-refractivity contribution in [2.75, 3.05) is 26.8 Å². The molecule has 3 N–H and O–H groups in total. The number of rotatable bonds is 10. The molecule has 36 heavy (non-hydrogen) atoms. The Morgan fingerprint density at radius 3 is 2.42 bits per heavy atom. The van der Waals surface area contributed by atoms with E-state index in [9.17, 15) is 19.2 Å². The number of fused-ring (bicyclic) bond motifs is 3.